The van der Waals surface area contributed by atoms with Crippen LogP contribution in [-0.2, 0) is 23.4 Å². The fraction of sp³-hybridized carbons (Fsp3) is 0.182. The number of phosphoric acid groups is 1. The zero-order valence-corrected chi connectivity index (χ0v) is 18.2. The zero-order valence-electron chi connectivity index (χ0n) is 17.3. The lowest BCUT2D eigenvalue weighted by molar-refractivity contribution is -0.145. The molecule has 0 saturated carbocycles. The molecule has 0 radical (unpaired) electrons. The predicted octanol–water partition coefficient (Wildman–Crippen LogP) is 5.03. The molecule has 0 amide bonds. The van der Waals surface area contributed by atoms with Crippen LogP contribution >= 0.6 is 7.82 Å². The van der Waals surface area contributed by atoms with Crippen molar-refractivity contribution < 1.29 is 37.6 Å². The van der Waals surface area contributed by atoms with Crippen LogP contribution in [0.3, 0.4) is 0 Å². The molecule has 0 fully saturated rings. The third-order valence-electron chi connectivity index (χ3n) is 3.22. The molecule has 0 spiro atoms. The van der Waals surface area contributed by atoms with Crippen molar-refractivity contribution in [3.63, 3.8) is 0 Å². The number of hydrogen-bond donors (Lipinski definition) is 1. The SMILES string of the molecule is C=C(C)C(=O)OC(C)COP(=O)(Oc1ccccc1)Oc1ccccc1.C=CC(=O)O. The van der Waals surface area contributed by atoms with Crippen molar-refractivity contribution >= 4 is 19.8 Å². The van der Waals surface area contributed by atoms with Crippen LogP contribution in [0.2, 0.25) is 0 Å². The molecule has 9 heteroatoms. The van der Waals surface area contributed by atoms with Gasteiger partial charge in [-0.1, -0.05) is 49.6 Å². The highest BCUT2D eigenvalue weighted by molar-refractivity contribution is 7.49. The Morgan fingerprint density at radius 1 is 1.03 bits per heavy atom. The molecule has 0 aliphatic heterocycles. The molecule has 2 rings (SSSR count). The minimum atomic E-state index is -4.00. The summed E-state index contributed by atoms with van der Waals surface area (Å²) in [7, 11) is -4.00. The zero-order chi connectivity index (χ0) is 23.3. The molecule has 0 saturated heterocycles. The van der Waals surface area contributed by atoms with Gasteiger partial charge < -0.3 is 18.9 Å². The summed E-state index contributed by atoms with van der Waals surface area (Å²) in [6, 6.07) is 17.1. The number of hydrogen-bond acceptors (Lipinski definition) is 7. The van der Waals surface area contributed by atoms with Crippen LogP contribution in [0.5, 0.6) is 11.5 Å². The second kappa shape index (κ2) is 13.1. The highest BCUT2D eigenvalue weighted by Gasteiger charge is 2.32. The van der Waals surface area contributed by atoms with E-state index in [1.54, 1.807) is 67.6 Å². The van der Waals surface area contributed by atoms with Gasteiger partial charge in [0.25, 0.3) is 0 Å². The lowest BCUT2D eigenvalue weighted by Gasteiger charge is -2.21. The monoisotopic (exact) mass is 448 g/mol. The Balaban J connectivity index is 0.000000861. The van der Waals surface area contributed by atoms with E-state index >= 15 is 0 Å². The number of carboxylic acid groups (broad SMARTS) is 1. The van der Waals surface area contributed by atoms with Gasteiger partial charge in [0.2, 0.25) is 0 Å². The molecule has 0 bridgehead atoms. The van der Waals surface area contributed by atoms with E-state index in [0.29, 0.717) is 11.5 Å². The van der Waals surface area contributed by atoms with Gasteiger partial charge in [0.1, 0.15) is 17.6 Å². The maximum absolute atomic E-state index is 13.1. The average Bonchev–Trinajstić information content (AvgIpc) is 2.74. The standard InChI is InChI=1S/C19H21O6P.C3H4O2/c1-15(2)19(20)23-16(3)14-22-26(21,24-17-10-6-4-7-11-17)25-18-12-8-5-9-13-18;1-2-3(4)5/h4-13,16H,1,14H2,2-3H3;2H,1H2,(H,4,5). The molecule has 2 aromatic rings. The molecule has 1 N–H and O–H groups in total. The number of phosphoric ester groups is 1. The number of esters is 1. The summed E-state index contributed by atoms with van der Waals surface area (Å²) in [5.74, 6) is -0.870. The summed E-state index contributed by atoms with van der Waals surface area (Å²) in [6.07, 6.45) is 0.172. The Morgan fingerprint density at radius 2 is 1.45 bits per heavy atom. The van der Waals surface area contributed by atoms with Crippen LogP contribution in [0.15, 0.2) is 85.5 Å². The first-order chi connectivity index (χ1) is 14.6. The molecule has 166 valence electrons. The maximum atomic E-state index is 13.1. The Hall–Kier alpha value is -3.35. The number of benzene rings is 2. The smallest absolute Gasteiger partial charge is 0.478 e. The van der Waals surface area contributed by atoms with Crippen molar-refractivity contribution in [1.29, 1.82) is 0 Å². The predicted molar refractivity (Wildman–Crippen MR) is 116 cm³/mol. The summed E-state index contributed by atoms with van der Waals surface area (Å²) < 4.78 is 34.5. The van der Waals surface area contributed by atoms with E-state index in [4.69, 9.17) is 23.4 Å². The molecular weight excluding hydrogens is 423 g/mol. The lowest BCUT2D eigenvalue weighted by Crippen LogP contribution is -2.21. The Kier molecular flexibility index (Phi) is 10.8. The minimum absolute atomic E-state index is 0.171. The third kappa shape index (κ3) is 10.8. The first-order valence-corrected chi connectivity index (χ1v) is 10.6. The van der Waals surface area contributed by atoms with Gasteiger partial charge in [-0.3, -0.25) is 4.52 Å². The molecule has 8 nitrogen and oxygen atoms in total. The molecule has 0 aromatic heterocycles. The maximum Gasteiger partial charge on any atom is 0.587 e. The highest BCUT2D eigenvalue weighted by Crippen LogP contribution is 2.49. The second-order valence-corrected chi connectivity index (χ2v) is 7.61. The summed E-state index contributed by atoms with van der Waals surface area (Å²) in [4.78, 5) is 20.8. The van der Waals surface area contributed by atoms with Crippen LogP contribution in [-0.4, -0.2) is 29.8 Å². The first kappa shape index (κ1) is 25.7. The van der Waals surface area contributed by atoms with E-state index in [1.807, 2.05) is 0 Å². The highest BCUT2D eigenvalue weighted by atomic mass is 31.2. The van der Waals surface area contributed by atoms with Crippen molar-refractivity contribution in [2.24, 2.45) is 0 Å². The van der Waals surface area contributed by atoms with Crippen molar-refractivity contribution in [3.05, 3.63) is 85.5 Å². The third-order valence-corrected chi connectivity index (χ3v) is 4.55. The van der Waals surface area contributed by atoms with Crippen LogP contribution in [0.25, 0.3) is 0 Å². The van der Waals surface area contributed by atoms with Crippen molar-refractivity contribution in [3.8, 4) is 11.5 Å². The van der Waals surface area contributed by atoms with Crippen LogP contribution in [0.4, 0.5) is 0 Å². The Morgan fingerprint density at radius 3 is 1.81 bits per heavy atom. The van der Waals surface area contributed by atoms with E-state index in [-0.39, 0.29) is 12.2 Å². The van der Waals surface area contributed by atoms with Crippen molar-refractivity contribution in [2.75, 3.05) is 6.61 Å². The van der Waals surface area contributed by atoms with Gasteiger partial charge in [0.15, 0.2) is 0 Å². The van der Waals surface area contributed by atoms with Gasteiger partial charge in [-0.2, -0.15) is 0 Å². The molecule has 0 aliphatic carbocycles. The topological polar surface area (TPSA) is 108 Å². The number of rotatable bonds is 10. The van der Waals surface area contributed by atoms with Crippen molar-refractivity contribution in [1.82, 2.24) is 0 Å². The quantitative estimate of drug-likeness (QED) is 0.306. The number of aliphatic carboxylic acids is 1. The Bertz CT molecular complexity index is 866. The van der Waals surface area contributed by atoms with Gasteiger partial charge in [0, 0.05) is 11.6 Å². The Labute approximate surface area is 181 Å². The van der Waals surface area contributed by atoms with E-state index in [2.05, 4.69) is 13.2 Å². The summed E-state index contributed by atoms with van der Waals surface area (Å²) >= 11 is 0. The van der Waals surface area contributed by atoms with Crippen LogP contribution < -0.4 is 9.05 Å². The van der Waals surface area contributed by atoms with Gasteiger partial charge in [-0.25, -0.2) is 14.2 Å². The fourth-order valence-electron chi connectivity index (χ4n) is 1.81. The molecule has 1 unspecified atom stereocenters. The first-order valence-electron chi connectivity index (χ1n) is 9.11. The number of carbonyl (C=O) groups excluding carboxylic acids is 1. The largest absolute Gasteiger partial charge is 0.587 e. The molecular formula is C22H25O8P. The molecule has 1 atom stereocenters. The lowest BCUT2D eigenvalue weighted by atomic mass is 10.3. The normalized spacial score (nSPS) is 11.2. The summed E-state index contributed by atoms with van der Waals surface area (Å²) in [6.45, 7) is 9.45. The molecule has 31 heavy (non-hydrogen) atoms. The molecule has 2 aromatic carbocycles. The van der Waals surface area contributed by atoms with Crippen LogP contribution in [0.1, 0.15) is 13.8 Å². The van der Waals surface area contributed by atoms with Gasteiger partial charge >= 0.3 is 19.8 Å². The van der Waals surface area contributed by atoms with Gasteiger partial charge in [-0.05, 0) is 38.1 Å². The number of carbonyl (C=O) groups is 2. The molecule has 0 aliphatic rings. The second-order valence-electron chi connectivity index (χ2n) is 6.09. The number of carboxylic acids is 1. The number of ether oxygens (including phenoxy) is 1. The van der Waals surface area contributed by atoms with E-state index in [0.717, 1.165) is 6.08 Å². The van der Waals surface area contributed by atoms with E-state index in [1.165, 1.54) is 6.92 Å². The average molecular weight is 448 g/mol. The minimum Gasteiger partial charge on any atom is -0.478 e. The van der Waals surface area contributed by atoms with Gasteiger partial charge in [0.05, 0.1) is 6.61 Å². The van der Waals surface area contributed by atoms with E-state index < -0.39 is 25.9 Å². The van der Waals surface area contributed by atoms with Crippen LogP contribution in [0, 0.1) is 0 Å². The van der Waals surface area contributed by atoms with Gasteiger partial charge in [-0.15, -0.1) is 0 Å². The molecule has 0 heterocycles. The summed E-state index contributed by atoms with van der Waals surface area (Å²) in [5, 5.41) is 7.60. The fourth-order valence-corrected chi connectivity index (χ4v) is 3.10. The van der Waals surface area contributed by atoms with E-state index in [9.17, 15) is 14.2 Å². The van der Waals surface area contributed by atoms with Crippen molar-refractivity contribution in [2.45, 2.75) is 20.0 Å². The number of para-hydroxylation sites is 2. The summed E-state index contributed by atoms with van der Waals surface area (Å²) in [5.41, 5.74) is 0.265.